The van der Waals surface area contributed by atoms with E-state index in [9.17, 15) is 9.59 Å². The van der Waals surface area contributed by atoms with Gasteiger partial charge < -0.3 is 10.4 Å². The largest absolute Gasteiger partial charge is 0.396 e. The third-order valence-electron chi connectivity index (χ3n) is 6.44. The van der Waals surface area contributed by atoms with E-state index in [1.165, 1.54) is 30.6 Å². The lowest BCUT2D eigenvalue weighted by Gasteiger charge is -2.50. The predicted molar refractivity (Wildman–Crippen MR) is 106 cm³/mol. The van der Waals surface area contributed by atoms with Gasteiger partial charge in [0.2, 0.25) is 16.9 Å². The van der Waals surface area contributed by atoms with E-state index in [0.717, 1.165) is 30.9 Å². The van der Waals surface area contributed by atoms with E-state index in [2.05, 4.69) is 25.7 Å². The molecule has 0 spiro atoms. The highest BCUT2D eigenvalue weighted by molar-refractivity contribution is 7.15. The fourth-order valence-corrected chi connectivity index (χ4v) is 5.42. The van der Waals surface area contributed by atoms with Crippen molar-refractivity contribution in [1.29, 1.82) is 0 Å². The van der Waals surface area contributed by atoms with E-state index in [-0.39, 0.29) is 24.3 Å². The Morgan fingerprint density at radius 2 is 2.11 bits per heavy atom. The highest BCUT2D eigenvalue weighted by atomic mass is 32.1. The summed E-state index contributed by atoms with van der Waals surface area (Å²) in [6.45, 7) is 2.65. The first-order valence-electron chi connectivity index (χ1n) is 10.4. The maximum atomic E-state index is 12.4. The van der Waals surface area contributed by atoms with Crippen molar-refractivity contribution in [2.24, 2.45) is 17.8 Å². The second kappa shape index (κ2) is 8.84. The fourth-order valence-electron chi connectivity index (χ4n) is 4.49. The minimum absolute atomic E-state index is 0.0442. The minimum atomic E-state index is -0.0574. The van der Waals surface area contributed by atoms with Crippen LogP contribution < -0.4 is 10.6 Å². The van der Waals surface area contributed by atoms with Crippen molar-refractivity contribution in [3.05, 3.63) is 5.01 Å². The number of carbonyl (C=O) groups is 2. The number of fused-ring (bicyclic) bond motifs is 1. The average molecular weight is 408 g/mol. The SMILES string of the molecule is O=C(CN1CC[C@@H]2C[C@@H](C(=O)NCCCO)[C@@H]2C1)Nc1nnc(C2CCC2)s1. The van der Waals surface area contributed by atoms with Crippen molar-refractivity contribution in [3.8, 4) is 0 Å². The number of amides is 2. The molecular weight excluding hydrogens is 378 g/mol. The van der Waals surface area contributed by atoms with Gasteiger partial charge in [0.25, 0.3) is 0 Å². The Morgan fingerprint density at radius 1 is 1.25 bits per heavy atom. The monoisotopic (exact) mass is 407 g/mol. The van der Waals surface area contributed by atoms with Crippen molar-refractivity contribution < 1.29 is 14.7 Å². The standard InChI is InChI=1S/C19H29N5O3S/c25-8-2-6-20-17(27)14-9-13-5-7-24(10-15(13)14)11-16(26)21-19-23-22-18(28-19)12-3-1-4-12/h12-15,25H,1-11H2,(H,20,27)(H,21,23,26)/t13-,14-,15-/m1/s1. The van der Waals surface area contributed by atoms with Crippen LogP contribution in [-0.2, 0) is 9.59 Å². The number of piperidine rings is 1. The van der Waals surface area contributed by atoms with Crippen molar-refractivity contribution in [3.63, 3.8) is 0 Å². The van der Waals surface area contributed by atoms with Crippen LogP contribution in [0.25, 0.3) is 0 Å². The molecule has 0 bridgehead atoms. The van der Waals surface area contributed by atoms with Gasteiger partial charge in [-0.1, -0.05) is 17.8 Å². The molecule has 2 aliphatic carbocycles. The molecule has 8 nitrogen and oxygen atoms in total. The number of likely N-dealkylation sites (tertiary alicyclic amines) is 1. The number of nitrogens with one attached hydrogen (secondary N) is 2. The van der Waals surface area contributed by atoms with Gasteiger partial charge in [0.05, 0.1) is 6.54 Å². The molecule has 154 valence electrons. The third kappa shape index (κ3) is 4.36. The summed E-state index contributed by atoms with van der Waals surface area (Å²) < 4.78 is 0. The number of anilines is 1. The molecule has 0 radical (unpaired) electrons. The fraction of sp³-hybridized carbons (Fsp3) is 0.789. The van der Waals surface area contributed by atoms with Crippen molar-refractivity contribution in [2.45, 2.75) is 44.4 Å². The summed E-state index contributed by atoms with van der Waals surface area (Å²) in [5.41, 5.74) is 0. The second-order valence-electron chi connectivity index (χ2n) is 8.28. The van der Waals surface area contributed by atoms with E-state index in [1.54, 1.807) is 0 Å². The molecule has 3 atom stereocenters. The molecule has 2 amide bonds. The van der Waals surface area contributed by atoms with Gasteiger partial charge in [-0.25, -0.2) is 0 Å². The highest BCUT2D eigenvalue weighted by Gasteiger charge is 2.47. The molecule has 1 aromatic heterocycles. The minimum Gasteiger partial charge on any atom is -0.396 e. The Hall–Kier alpha value is -1.58. The lowest BCUT2D eigenvalue weighted by molar-refractivity contribution is -0.137. The Kier molecular flexibility index (Phi) is 6.22. The molecule has 4 rings (SSSR count). The number of hydrogen-bond acceptors (Lipinski definition) is 7. The summed E-state index contributed by atoms with van der Waals surface area (Å²) in [6, 6.07) is 0. The van der Waals surface area contributed by atoms with Gasteiger partial charge in [0.15, 0.2) is 0 Å². The number of hydrogen-bond donors (Lipinski definition) is 3. The quantitative estimate of drug-likeness (QED) is 0.559. The van der Waals surface area contributed by atoms with Gasteiger partial charge in [-0.2, -0.15) is 0 Å². The number of nitrogens with zero attached hydrogens (tertiary/aromatic N) is 3. The zero-order chi connectivity index (χ0) is 19.5. The van der Waals surface area contributed by atoms with E-state index in [1.807, 2.05) is 0 Å². The molecule has 28 heavy (non-hydrogen) atoms. The van der Waals surface area contributed by atoms with Crippen LogP contribution in [0.5, 0.6) is 0 Å². The smallest absolute Gasteiger partial charge is 0.240 e. The molecule has 3 N–H and O–H groups in total. The van der Waals surface area contributed by atoms with Gasteiger partial charge in [-0.05, 0) is 50.5 Å². The molecule has 0 unspecified atom stereocenters. The van der Waals surface area contributed by atoms with E-state index in [4.69, 9.17) is 5.11 Å². The molecule has 2 heterocycles. The summed E-state index contributed by atoms with van der Waals surface area (Å²) in [7, 11) is 0. The van der Waals surface area contributed by atoms with Gasteiger partial charge in [-0.3, -0.25) is 19.8 Å². The number of aliphatic hydroxyl groups is 1. The Bertz CT molecular complexity index is 707. The lowest BCUT2D eigenvalue weighted by Crippen LogP contribution is -2.56. The number of aliphatic hydroxyl groups excluding tert-OH is 1. The maximum absolute atomic E-state index is 12.4. The lowest BCUT2D eigenvalue weighted by atomic mass is 9.61. The summed E-state index contributed by atoms with van der Waals surface area (Å²) in [5.74, 6) is 1.55. The van der Waals surface area contributed by atoms with Crippen molar-refractivity contribution >= 4 is 28.3 Å². The van der Waals surface area contributed by atoms with Crippen LogP contribution in [0.1, 0.15) is 49.5 Å². The van der Waals surface area contributed by atoms with Crippen molar-refractivity contribution in [2.75, 3.05) is 38.1 Å². The molecular formula is C19H29N5O3S. The molecule has 3 aliphatic rings. The highest BCUT2D eigenvalue weighted by Crippen LogP contribution is 2.45. The predicted octanol–water partition coefficient (Wildman–Crippen LogP) is 1.20. The van der Waals surface area contributed by atoms with Gasteiger partial charge >= 0.3 is 0 Å². The van der Waals surface area contributed by atoms with Crippen LogP contribution >= 0.6 is 11.3 Å². The molecule has 1 aliphatic heterocycles. The summed E-state index contributed by atoms with van der Waals surface area (Å²) in [5, 5.41) is 24.6. The second-order valence-corrected chi connectivity index (χ2v) is 9.29. The van der Waals surface area contributed by atoms with Gasteiger partial charge in [-0.15, -0.1) is 10.2 Å². The molecule has 2 saturated carbocycles. The number of rotatable bonds is 8. The van der Waals surface area contributed by atoms with Crippen LogP contribution in [0.2, 0.25) is 0 Å². The molecule has 1 aromatic rings. The van der Waals surface area contributed by atoms with Crippen LogP contribution in [0.3, 0.4) is 0 Å². The van der Waals surface area contributed by atoms with Crippen molar-refractivity contribution in [1.82, 2.24) is 20.4 Å². The number of aromatic nitrogens is 2. The topological polar surface area (TPSA) is 107 Å². The Labute approximate surface area is 169 Å². The maximum Gasteiger partial charge on any atom is 0.240 e. The molecule has 3 fully saturated rings. The van der Waals surface area contributed by atoms with Gasteiger partial charge in [0.1, 0.15) is 5.01 Å². The van der Waals surface area contributed by atoms with Crippen LogP contribution in [-0.4, -0.2) is 64.8 Å². The Balaban J connectivity index is 1.23. The van der Waals surface area contributed by atoms with E-state index in [0.29, 0.717) is 42.4 Å². The van der Waals surface area contributed by atoms with Crippen LogP contribution in [0.4, 0.5) is 5.13 Å². The Morgan fingerprint density at radius 3 is 2.86 bits per heavy atom. The normalized spacial score (nSPS) is 27.4. The molecule has 9 heteroatoms. The first kappa shape index (κ1) is 19.7. The third-order valence-corrected chi connectivity index (χ3v) is 7.44. The molecule has 1 saturated heterocycles. The zero-order valence-electron chi connectivity index (χ0n) is 16.1. The van der Waals surface area contributed by atoms with Crippen LogP contribution in [0, 0.1) is 17.8 Å². The van der Waals surface area contributed by atoms with E-state index < -0.39 is 0 Å². The summed E-state index contributed by atoms with van der Waals surface area (Å²) in [6.07, 6.45) is 6.19. The van der Waals surface area contributed by atoms with Crippen LogP contribution in [0.15, 0.2) is 0 Å². The first-order chi connectivity index (χ1) is 13.6. The number of carbonyl (C=O) groups excluding carboxylic acids is 2. The van der Waals surface area contributed by atoms with E-state index >= 15 is 0 Å². The first-order valence-corrected chi connectivity index (χ1v) is 11.2. The average Bonchev–Trinajstić information content (AvgIpc) is 3.03. The summed E-state index contributed by atoms with van der Waals surface area (Å²) in [4.78, 5) is 26.9. The van der Waals surface area contributed by atoms with Gasteiger partial charge in [0, 0.05) is 31.5 Å². The summed E-state index contributed by atoms with van der Waals surface area (Å²) >= 11 is 1.49. The molecule has 0 aromatic carbocycles. The zero-order valence-corrected chi connectivity index (χ0v) is 16.9.